The topological polar surface area (TPSA) is 82.0 Å². The largest absolute Gasteiger partial charge is 0.497 e. The van der Waals surface area contributed by atoms with Gasteiger partial charge in [-0.3, -0.25) is 14.2 Å². The Morgan fingerprint density at radius 2 is 2.12 bits per heavy atom. The molecule has 2 heterocycles. The minimum Gasteiger partial charge on any atom is -0.497 e. The first-order valence-corrected chi connectivity index (χ1v) is 8.73. The van der Waals surface area contributed by atoms with E-state index < -0.39 is 10.8 Å². The lowest BCUT2D eigenvalue weighted by molar-refractivity contribution is 0.302. The molecule has 1 aliphatic carbocycles. The summed E-state index contributed by atoms with van der Waals surface area (Å²) in [5.41, 5.74) is 1.47. The average molecular weight is 349 g/mol. The van der Waals surface area contributed by atoms with Gasteiger partial charge in [-0.05, 0) is 12.5 Å². The van der Waals surface area contributed by atoms with Crippen molar-refractivity contribution in [1.29, 1.82) is 0 Å². The number of ether oxygens (including phenoxy) is 3. The van der Waals surface area contributed by atoms with Gasteiger partial charge in [-0.25, -0.2) is 0 Å². The molecule has 0 amide bonds. The van der Waals surface area contributed by atoms with Crippen LogP contribution < -0.4 is 14.8 Å². The molecule has 0 radical (unpaired) electrons. The summed E-state index contributed by atoms with van der Waals surface area (Å²) >= 11 is 0. The van der Waals surface area contributed by atoms with E-state index in [0.29, 0.717) is 22.4 Å². The number of aliphatic imine (C=N–C) groups is 1. The number of rotatable bonds is 5. The smallest absolute Gasteiger partial charge is 0.193 e. The van der Waals surface area contributed by atoms with Gasteiger partial charge in [-0.2, -0.15) is 0 Å². The van der Waals surface area contributed by atoms with Gasteiger partial charge in [0.1, 0.15) is 5.76 Å². The summed E-state index contributed by atoms with van der Waals surface area (Å²) in [6, 6.07) is 1.68. The number of aromatic nitrogens is 1. The van der Waals surface area contributed by atoms with Crippen molar-refractivity contribution in [3.63, 3.8) is 0 Å². The van der Waals surface area contributed by atoms with Gasteiger partial charge in [0.15, 0.2) is 16.7 Å². The van der Waals surface area contributed by atoms with Crippen LogP contribution in [0.2, 0.25) is 0 Å². The van der Waals surface area contributed by atoms with Crippen LogP contribution in [-0.2, 0) is 21.3 Å². The molecule has 0 spiro atoms. The van der Waals surface area contributed by atoms with Crippen molar-refractivity contribution in [1.82, 2.24) is 10.3 Å². The van der Waals surface area contributed by atoms with Gasteiger partial charge in [0, 0.05) is 24.0 Å². The summed E-state index contributed by atoms with van der Waals surface area (Å²) in [6.45, 7) is 0. The normalized spacial score (nSPS) is 20.1. The fraction of sp³-hybridized carbons (Fsp3) is 0.375. The second kappa shape index (κ2) is 7.04. The van der Waals surface area contributed by atoms with Crippen LogP contribution in [0, 0.1) is 0 Å². The second-order valence-corrected chi connectivity index (χ2v) is 6.57. The van der Waals surface area contributed by atoms with Crippen molar-refractivity contribution in [3.05, 3.63) is 41.6 Å². The average Bonchev–Trinajstić information content (AvgIpc) is 3.04. The van der Waals surface area contributed by atoms with Gasteiger partial charge >= 0.3 is 0 Å². The summed E-state index contributed by atoms with van der Waals surface area (Å²) in [6.07, 6.45) is 6.18. The zero-order valence-corrected chi connectivity index (χ0v) is 14.6. The number of nitrogens with one attached hydrogen (secondary N) is 1. The van der Waals surface area contributed by atoms with Crippen LogP contribution in [0.5, 0.6) is 11.5 Å². The van der Waals surface area contributed by atoms with Gasteiger partial charge in [0.05, 0.1) is 49.6 Å². The molecule has 1 aromatic rings. The minimum absolute atomic E-state index is 0.0250. The second-order valence-electron chi connectivity index (χ2n) is 5.20. The molecule has 0 saturated heterocycles. The van der Waals surface area contributed by atoms with Crippen molar-refractivity contribution < 1.29 is 18.4 Å². The molecule has 2 unspecified atom stereocenters. The Labute approximate surface area is 142 Å². The maximum absolute atomic E-state index is 12.7. The van der Waals surface area contributed by atoms with E-state index in [1.807, 2.05) is 12.2 Å². The molecule has 8 heteroatoms. The quantitative estimate of drug-likeness (QED) is 0.867. The van der Waals surface area contributed by atoms with Crippen molar-refractivity contribution in [2.24, 2.45) is 4.99 Å². The molecular weight excluding hydrogens is 330 g/mol. The number of nitrogens with zero attached hydrogens (tertiary/aromatic N) is 2. The number of pyridine rings is 1. The number of amidine groups is 1. The SMILES string of the molecule is COC1=CCC2N=C(S(=O)Cc3nccc(OC)c3OC)NC2=C1. The summed E-state index contributed by atoms with van der Waals surface area (Å²) in [5, 5.41) is 3.58. The van der Waals surface area contributed by atoms with E-state index in [9.17, 15) is 4.21 Å². The molecule has 2 aliphatic rings. The Balaban J connectivity index is 1.76. The third-order valence-electron chi connectivity index (χ3n) is 3.81. The Morgan fingerprint density at radius 3 is 2.83 bits per heavy atom. The summed E-state index contributed by atoms with van der Waals surface area (Å²) in [7, 11) is 3.35. The third-order valence-corrected chi connectivity index (χ3v) is 4.98. The van der Waals surface area contributed by atoms with Crippen LogP contribution in [0.3, 0.4) is 0 Å². The van der Waals surface area contributed by atoms with E-state index in [-0.39, 0.29) is 11.8 Å². The Hall–Kier alpha value is -2.35. The summed E-state index contributed by atoms with van der Waals surface area (Å²) in [5.74, 6) is 2.03. The van der Waals surface area contributed by atoms with Crippen molar-refractivity contribution in [2.75, 3.05) is 21.3 Å². The molecule has 128 valence electrons. The van der Waals surface area contributed by atoms with Crippen LogP contribution in [-0.4, -0.2) is 41.7 Å². The highest BCUT2D eigenvalue weighted by Crippen LogP contribution is 2.30. The predicted octanol–water partition coefficient (Wildman–Crippen LogP) is 1.49. The van der Waals surface area contributed by atoms with E-state index in [1.165, 1.54) is 7.11 Å². The standard InChI is InChI=1S/C16H19N3O4S/c1-21-10-4-5-11-12(8-10)19-16(18-11)24(20)9-13-15(23-3)14(22-2)6-7-17-13/h4,6-8,11H,5,9H2,1-3H3,(H,18,19). The van der Waals surface area contributed by atoms with Gasteiger partial charge in [-0.15, -0.1) is 0 Å². The van der Waals surface area contributed by atoms with Crippen LogP contribution in [0.15, 0.2) is 40.9 Å². The molecule has 24 heavy (non-hydrogen) atoms. The Bertz CT molecular complexity index is 758. The summed E-state index contributed by atoms with van der Waals surface area (Å²) in [4.78, 5) is 8.77. The Morgan fingerprint density at radius 1 is 1.29 bits per heavy atom. The molecule has 7 nitrogen and oxygen atoms in total. The first kappa shape index (κ1) is 16.5. The van der Waals surface area contributed by atoms with Crippen molar-refractivity contribution in [3.8, 4) is 11.5 Å². The predicted molar refractivity (Wildman–Crippen MR) is 91.3 cm³/mol. The Kier molecular flexibility index (Phi) is 4.84. The maximum Gasteiger partial charge on any atom is 0.193 e. The van der Waals surface area contributed by atoms with Crippen LogP contribution in [0.4, 0.5) is 0 Å². The number of hydrogen-bond donors (Lipinski definition) is 1. The van der Waals surface area contributed by atoms with Gasteiger partial charge in [-0.1, -0.05) is 0 Å². The lowest BCUT2D eigenvalue weighted by atomic mass is 10.1. The van der Waals surface area contributed by atoms with Crippen LogP contribution >= 0.6 is 0 Å². The molecule has 3 rings (SSSR count). The van der Waals surface area contributed by atoms with E-state index in [2.05, 4.69) is 15.3 Å². The molecule has 1 aromatic heterocycles. The number of fused-ring (bicyclic) bond motifs is 1. The first-order valence-electron chi connectivity index (χ1n) is 7.41. The molecule has 0 fully saturated rings. The minimum atomic E-state index is -1.36. The molecule has 1 N–H and O–H groups in total. The number of allylic oxidation sites excluding steroid dienone is 1. The zero-order valence-electron chi connectivity index (χ0n) is 13.7. The van der Waals surface area contributed by atoms with E-state index in [1.54, 1.807) is 26.5 Å². The van der Waals surface area contributed by atoms with Crippen LogP contribution in [0.1, 0.15) is 12.1 Å². The fourth-order valence-corrected chi connectivity index (χ4v) is 3.67. The molecule has 2 atom stereocenters. The maximum atomic E-state index is 12.7. The molecular formula is C16H19N3O4S. The molecule has 1 aliphatic heterocycles. The van der Waals surface area contributed by atoms with Crippen molar-refractivity contribution >= 4 is 16.0 Å². The molecule has 0 aromatic carbocycles. The highest BCUT2D eigenvalue weighted by molar-refractivity contribution is 7.99. The highest BCUT2D eigenvalue weighted by atomic mass is 32.2. The lowest BCUT2D eigenvalue weighted by Crippen LogP contribution is -2.25. The van der Waals surface area contributed by atoms with E-state index >= 15 is 0 Å². The van der Waals surface area contributed by atoms with Crippen LogP contribution in [0.25, 0.3) is 0 Å². The van der Waals surface area contributed by atoms with Gasteiger partial charge in [0.2, 0.25) is 0 Å². The van der Waals surface area contributed by atoms with Gasteiger partial charge in [0.25, 0.3) is 0 Å². The van der Waals surface area contributed by atoms with E-state index in [4.69, 9.17) is 14.2 Å². The number of methoxy groups -OCH3 is 3. The first-order chi connectivity index (χ1) is 11.7. The van der Waals surface area contributed by atoms with Gasteiger partial charge < -0.3 is 19.5 Å². The van der Waals surface area contributed by atoms with E-state index in [0.717, 1.165) is 17.9 Å². The zero-order chi connectivity index (χ0) is 17.1. The molecule has 0 saturated carbocycles. The monoisotopic (exact) mass is 349 g/mol. The fourth-order valence-electron chi connectivity index (χ4n) is 2.61. The number of hydrogen-bond acceptors (Lipinski definition) is 7. The lowest BCUT2D eigenvalue weighted by Gasteiger charge is -2.14. The third kappa shape index (κ3) is 3.14. The molecule has 0 bridgehead atoms. The van der Waals surface area contributed by atoms with Crippen molar-refractivity contribution in [2.45, 2.75) is 18.2 Å². The highest BCUT2D eigenvalue weighted by Gasteiger charge is 2.28. The summed E-state index contributed by atoms with van der Waals surface area (Å²) < 4.78 is 28.5.